The Bertz CT molecular complexity index is 311. The number of hydrogen-bond acceptors (Lipinski definition) is 2. The van der Waals surface area contributed by atoms with Crippen molar-refractivity contribution < 1.29 is 4.43 Å². The molecule has 1 aliphatic rings. The highest BCUT2D eigenvalue weighted by Gasteiger charge is 2.30. The van der Waals surface area contributed by atoms with E-state index in [0.717, 1.165) is 12.8 Å². The lowest BCUT2D eigenvalue weighted by Crippen LogP contribution is -2.36. The van der Waals surface area contributed by atoms with Gasteiger partial charge in [-0.2, -0.15) is 5.26 Å². The molecule has 16 heavy (non-hydrogen) atoms. The van der Waals surface area contributed by atoms with Crippen LogP contribution in [-0.2, 0) is 4.43 Å². The summed E-state index contributed by atoms with van der Waals surface area (Å²) in [5, 5.41) is 9.24. The van der Waals surface area contributed by atoms with Crippen molar-refractivity contribution in [3.8, 4) is 6.07 Å². The van der Waals surface area contributed by atoms with Crippen molar-refractivity contribution in [2.45, 2.75) is 52.4 Å². The predicted molar refractivity (Wildman–Crippen MR) is 69.5 cm³/mol. The highest BCUT2D eigenvalue weighted by molar-refractivity contribution is 6.69. The molecule has 0 amide bonds. The number of allylic oxidation sites excluding steroid dienone is 2. The minimum absolute atomic E-state index is 0.210. The van der Waals surface area contributed by atoms with Crippen molar-refractivity contribution in [3.63, 3.8) is 0 Å². The van der Waals surface area contributed by atoms with Gasteiger partial charge >= 0.3 is 0 Å². The van der Waals surface area contributed by atoms with E-state index in [4.69, 9.17) is 4.43 Å². The van der Waals surface area contributed by atoms with Crippen molar-refractivity contribution in [2.24, 2.45) is 11.8 Å². The molecular formula is C13H23NOSi. The van der Waals surface area contributed by atoms with E-state index in [1.165, 1.54) is 5.57 Å². The van der Waals surface area contributed by atoms with Crippen molar-refractivity contribution in [1.82, 2.24) is 0 Å². The summed E-state index contributed by atoms with van der Waals surface area (Å²) in [6, 6.07) is 2.35. The third-order valence-electron chi connectivity index (χ3n) is 2.86. The molecule has 0 radical (unpaired) electrons. The Morgan fingerprint density at radius 2 is 2.12 bits per heavy atom. The third kappa shape index (κ3) is 4.11. The SMILES string of the molecule is CC1=CC(C)CC(C(C#N)O[Si](C)(C)C)C1. The number of nitriles is 1. The maximum Gasteiger partial charge on any atom is 0.185 e. The first-order chi connectivity index (χ1) is 7.31. The molecule has 0 fully saturated rings. The second-order valence-corrected chi connectivity index (χ2v) is 10.4. The summed E-state index contributed by atoms with van der Waals surface area (Å²) < 4.78 is 5.97. The molecule has 0 saturated heterocycles. The molecule has 3 heteroatoms. The van der Waals surface area contributed by atoms with E-state index in [9.17, 15) is 5.26 Å². The minimum Gasteiger partial charge on any atom is -0.402 e. The molecule has 0 saturated carbocycles. The van der Waals surface area contributed by atoms with Crippen LogP contribution < -0.4 is 0 Å². The average molecular weight is 237 g/mol. The Morgan fingerprint density at radius 3 is 2.56 bits per heavy atom. The smallest absolute Gasteiger partial charge is 0.185 e. The Hall–Kier alpha value is -0.593. The molecule has 0 aromatic heterocycles. The summed E-state index contributed by atoms with van der Waals surface area (Å²) in [6.07, 6.45) is 4.21. The molecule has 3 unspecified atom stereocenters. The van der Waals surface area contributed by atoms with E-state index < -0.39 is 8.32 Å². The molecule has 0 N–H and O–H groups in total. The zero-order valence-electron chi connectivity index (χ0n) is 11.1. The van der Waals surface area contributed by atoms with Crippen molar-refractivity contribution in [1.29, 1.82) is 5.26 Å². The maximum absolute atomic E-state index is 9.24. The molecule has 0 aromatic rings. The van der Waals surface area contributed by atoms with Gasteiger partial charge in [0.25, 0.3) is 0 Å². The summed E-state index contributed by atoms with van der Waals surface area (Å²) in [4.78, 5) is 0. The molecule has 1 rings (SSSR count). The van der Waals surface area contributed by atoms with Crippen LogP contribution in [0.15, 0.2) is 11.6 Å². The molecule has 2 nitrogen and oxygen atoms in total. The van der Waals surface area contributed by atoms with Crippen LogP contribution in [0.3, 0.4) is 0 Å². The largest absolute Gasteiger partial charge is 0.402 e. The van der Waals surface area contributed by atoms with Crippen LogP contribution in [0, 0.1) is 23.2 Å². The summed E-state index contributed by atoms with van der Waals surface area (Å²) in [5.74, 6) is 0.969. The second-order valence-electron chi connectivity index (χ2n) is 5.97. The molecule has 3 atom stereocenters. The van der Waals surface area contributed by atoms with Crippen molar-refractivity contribution in [3.05, 3.63) is 11.6 Å². The van der Waals surface area contributed by atoms with Crippen LogP contribution in [0.25, 0.3) is 0 Å². The van der Waals surface area contributed by atoms with Gasteiger partial charge < -0.3 is 4.43 Å². The fraction of sp³-hybridized carbons (Fsp3) is 0.769. The standard InChI is InChI=1S/C13H23NOSi/c1-10-6-11(2)8-12(7-10)13(9-14)15-16(3,4)5/h6,10,12-13H,7-8H2,1-5H3. The zero-order valence-corrected chi connectivity index (χ0v) is 12.1. The van der Waals surface area contributed by atoms with E-state index in [0.29, 0.717) is 11.8 Å². The molecule has 0 heterocycles. The van der Waals surface area contributed by atoms with E-state index in [1.54, 1.807) is 0 Å². The summed E-state index contributed by atoms with van der Waals surface area (Å²) >= 11 is 0. The van der Waals surface area contributed by atoms with Crippen molar-refractivity contribution in [2.75, 3.05) is 0 Å². The fourth-order valence-corrected chi connectivity index (χ4v) is 3.44. The molecule has 0 aliphatic heterocycles. The van der Waals surface area contributed by atoms with Crippen LogP contribution in [-0.4, -0.2) is 14.4 Å². The molecular weight excluding hydrogens is 214 g/mol. The van der Waals surface area contributed by atoms with Gasteiger partial charge in [0, 0.05) is 5.92 Å². The first-order valence-corrected chi connectivity index (χ1v) is 9.47. The lowest BCUT2D eigenvalue weighted by atomic mass is 9.81. The van der Waals surface area contributed by atoms with Gasteiger partial charge in [0.15, 0.2) is 8.32 Å². The lowest BCUT2D eigenvalue weighted by molar-refractivity contribution is 0.157. The molecule has 0 aromatic carbocycles. The summed E-state index contributed by atoms with van der Waals surface area (Å²) in [7, 11) is -1.61. The van der Waals surface area contributed by atoms with E-state index in [2.05, 4.69) is 45.6 Å². The van der Waals surface area contributed by atoms with Gasteiger partial charge in [0.05, 0.1) is 6.07 Å². The average Bonchev–Trinajstić information content (AvgIpc) is 2.11. The Labute approximate surface area is 100 Å². The summed E-state index contributed by atoms with van der Waals surface area (Å²) in [5.41, 5.74) is 1.41. The van der Waals surface area contributed by atoms with Gasteiger partial charge in [-0.15, -0.1) is 0 Å². The monoisotopic (exact) mass is 237 g/mol. The third-order valence-corrected chi connectivity index (χ3v) is 3.82. The highest BCUT2D eigenvalue weighted by Crippen LogP contribution is 2.32. The molecule has 0 bridgehead atoms. The quantitative estimate of drug-likeness (QED) is 0.553. The molecule has 90 valence electrons. The lowest BCUT2D eigenvalue weighted by Gasteiger charge is -2.32. The number of rotatable bonds is 3. The van der Waals surface area contributed by atoms with Gasteiger partial charge in [0.2, 0.25) is 0 Å². The Balaban J connectivity index is 2.69. The molecule has 0 spiro atoms. The maximum atomic E-state index is 9.24. The van der Waals surface area contributed by atoms with E-state index >= 15 is 0 Å². The fourth-order valence-electron chi connectivity index (χ4n) is 2.44. The van der Waals surface area contributed by atoms with E-state index in [1.807, 2.05) is 0 Å². The van der Waals surface area contributed by atoms with Crippen molar-refractivity contribution >= 4 is 8.32 Å². The van der Waals surface area contributed by atoms with Gasteiger partial charge in [-0.3, -0.25) is 0 Å². The number of hydrogen-bond donors (Lipinski definition) is 0. The first kappa shape index (κ1) is 13.5. The molecule has 1 aliphatic carbocycles. The predicted octanol–water partition coefficient (Wildman–Crippen LogP) is 3.72. The Morgan fingerprint density at radius 1 is 1.50 bits per heavy atom. The zero-order chi connectivity index (χ0) is 12.3. The highest BCUT2D eigenvalue weighted by atomic mass is 28.4. The second kappa shape index (κ2) is 5.16. The van der Waals surface area contributed by atoms with Crippen LogP contribution in [0.4, 0.5) is 0 Å². The van der Waals surface area contributed by atoms with Gasteiger partial charge in [0.1, 0.15) is 6.10 Å². The normalized spacial score (nSPS) is 28.1. The van der Waals surface area contributed by atoms with Crippen LogP contribution in [0.1, 0.15) is 26.7 Å². The van der Waals surface area contributed by atoms with Crippen LogP contribution in [0.5, 0.6) is 0 Å². The minimum atomic E-state index is -1.61. The van der Waals surface area contributed by atoms with Crippen LogP contribution in [0.2, 0.25) is 19.6 Å². The summed E-state index contributed by atoms with van der Waals surface area (Å²) in [6.45, 7) is 10.8. The van der Waals surface area contributed by atoms with E-state index in [-0.39, 0.29) is 6.10 Å². The van der Waals surface area contributed by atoms with Crippen LogP contribution >= 0.6 is 0 Å². The van der Waals surface area contributed by atoms with Gasteiger partial charge in [-0.05, 0) is 45.3 Å². The first-order valence-electron chi connectivity index (χ1n) is 6.06. The van der Waals surface area contributed by atoms with Gasteiger partial charge in [-0.1, -0.05) is 18.6 Å². The Kier molecular flexibility index (Phi) is 4.34. The van der Waals surface area contributed by atoms with Gasteiger partial charge in [-0.25, -0.2) is 0 Å². The topological polar surface area (TPSA) is 33.0 Å². The number of nitrogens with zero attached hydrogens (tertiary/aromatic N) is 1.